The Labute approximate surface area is 159 Å². The number of imidazole rings is 1. The normalized spacial score (nSPS) is 26.2. The summed E-state index contributed by atoms with van der Waals surface area (Å²) < 4.78 is 33.2. The number of ether oxygens (including phenoxy) is 1. The molecule has 4 atom stereocenters. The molecule has 3 heterocycles. The zero-order chi connectivity index (χ0) is 19.9. The van der Waals surface area contributed by atoms with Gasteiger partial charge in [0.25, 0.3) is 0 Å². The number of aliphatic hydroxyl groups excluding tert-OH is 2. The summed E-state index contributed by atoms with van der Waals surface area (Å²) in [6.07, 6.45) is -3.69. The van der Waals surface area contributed by atoms with Crippen LogP contribution >= 0.6 is 11.6 Å². The van der Waals surface area contributed by atoms with E-state index in [-0.39, 0.29) is 17.0 Å². The van der Waals surface area contributed by atoms with E-state index in [0.29, 0.717) is 11.3 Å². The van der Waals surface area contributed by atoms with E-state index in [1.807, 2.05) is 13.8 Å². The SMILES string of the molecule is CC(C)Nc1nc(Cl)nc2c1ncn2[C@@H]1O[C@H](COS(N)(=O)=O)[C@@H](O)[C@H]1O. The molecule has 0 spiro atoms. The van der Waals surface area contributed by atoms with Crippen molar-refractivity contribution in [3.8, 4) is 0 Å². The maximum absolute atomic E-state index is 10.9. The van der Waals surface area contributed by atoms with Gasteiger partial charge in [0.1, 0.15) is 18.3 Å². The quantitative estimate of drug-likeness (QED) is 0.428. The molecule has 1 aliphatic rings. The number of rotatable bonds is 6. The van der Waals surface area contributed by atoms with E-state index >= 15 is 0 Å². The molecule has 27 heavy (non-hydrogen) atoms. The van der Waals surface area contributed by atoms with Crippen molar-refractivity contribution in [2.45, 2.75) is 44.4 Å². The van der Waals surface area contributed by atoms with Crippen LogP contribution in [0.3, 0.4) is 0 Å². The summed E-state index contributed by atoms with van der Waals surface area (Å²) in [7, 11) is -4.22. The van der Waals surface area contributed by atoms with Crippen LogP contribution < -0.4 is 10.5 Å². The van der Waals surface area contributed by atoms with Crippen LogP contribution in [0.15, 0.2) is 6.33 Å². The third-order valence-corrected chi connectivity index (χ3v) is 4.46. The lowest BCUT2D eigenvalue weighted by atomic mass is 10.1. The van der Waals surface area contributed by atoms with Gasteiger partial charge in [0.2, 0.25) is 5.28 Å². The van der Waals surface area contributed by atoms with Crippen LogP contribution in [-0.4, -0.2) is 69.1 Å². The van der Waals surface area contributed by atoms with E-state index in [9.17, 15) is 18.6 Å². The summed E-state index contributed by atoms with van der Waals surface area (Å²) in [4.78, 5) is 12.4. The maximum Gasteiger partial charge on any atom is 0.333 e. The molecule has 2 aromatic heterocycles. The van der Waals surface area contributed by atoms with Crippen LogP contribution in [0.5, 0.6) is 0 Å². The highest BCUT2D eigenvalue weighted by Crippen LogP contribution is 2.33. The summed E-state index contributed by atoms with van der Waals surface area (Å²) in [5, 5.41) is 28.3. The number of halogens is 1. The van der Waals surface area contributed by atoms with Gasteiger partial charge in [-0.05, 0) is 25.4 Å². The fourth-order valence-corrected chi connectivity index (χ4v) is 3.20. The van der Waals surface area contributed by atoms with E-state index in [1.54, 1.807) is 0 Å². The largest absolute Gasteiger partial charge is 0.387 e. The molecule has 1 saturated heterocycles. The number of hydrogen-bond donors (Lipinski definition) is 4. The second-order valence-corrected chi connectivity index (χ2v) is 7.85. The van der Waals surface area contributed by atoms with Gasteiger partial charge in [-0.25, -0.2) is 10.1 Å². The summed E-state index contributed by atoms with van der Waals surface area (Å²) >= 11 is 5.98. The summed E-state index contributed by atoms with van der Waals surface area (Å²) in [5.41, 5.74) is 0.657. The van der Waals surface area contributed by atoms with Gasteiger partial charge >= 0.3 is 10.3 Å². The zero-order valence-corrected chi connectivity index (χ0v) is 15.9. The Balaban J connectivity index is 1.92. The molecule has 0 bridgehead atoms. The first-order valence-electron chi connectivity index (χ1n) is 7.92. The molecule has 0 aromatic carbocycles. The molecule has 0 unspecified atom stereocenters. The number of aliphatic hydroxyl groups is 2. The molecule has 14 heteroatoms. The number of nitrogens with one attached hydrogen (secondary N) is 1. The van der Waals surface area contributed by atoms with Crippen molar-refractivity contribution in [1.82, 2.24) is 19.5 Å². The Hall–Kier alpha value is -1.61. The van der Waals surface area contributed by atoms with Crippen LogP contribution in [-0.2, 0) is 19.2 Å². The monoisotopic (exact) mass is 422 g/mol. The summed E-state index contributed by atoms with van der Waals surface area (Å²) in [5.74, 6) is 0.404. The second-order valence-electron chi connectivity index (χ2n) is 6.29. The lowest BCUT2D eigenvalue weighted by Crippen LogP contribution is -2.35. The van der Waals surface area contributed by atoms with Gasteiger partial charge in [-0.3, -0.25) is 8.75 Å². The van der Waals surface area contributed by atoms with Gasteiger partial charge < -0.3 is 20.3 Å². The molecule has 5 N–H and O–H groups in total. The van der Waals surface area contributed by atoms with Crippen LogP contribution in [0.1, 0.15) is 20.1 Å². The zero-order valence-electron chi connectivity index (χ0n) is 14.4. The Kier molecular flexibility index (Phi) is 5.54. The van der Waals surface area contributed by atoms with Gasteiger partial charge in [0, 0.05) is 6.04 Å². The third-order valence-electron chi connectivity index (χ3n) is 3.83. The lowest BCUT2D eigenvalue weighted by Gasteiger charge is -2.17. The Morgan fingerprint density at radius 1 is 1.41 bits per heavy atom. The van der Waals surface area contributed by atoms with Crippen molar-refractivity contribution in [3.05, 3.63) is 11.6 Å². The number of nitrogens with two attached hydrogens (primary N) is 1. The van der Waals surface area contributed by atoms with Crippen LogP contribution in [0.4, 0.5) is 5.82 Å². The molecule has 0 aliphatic carbocycles. The number of anilines is 1. The van der Waals surface area contributed by atoms with E-state index in [4.69, 9.17) is 21.5 Å². The predicted octanol–water partition coefficient (Wildman–Crippen LogP) is -0.861. The molecule has 1 aliphatic heterocycles. The fourth-order valence-electron chi connectivity index (χ4n) is 2.71. The van der Waals surface area contributed by atoms with Crippen molar-refractivity contribution in [2.75, 3.05) is 11.9 Å². The third kappa shape index (κ3) is 4.29. The molecule has 0 amide bonds. The Bertz CT molecular complexity index is 937. The van der Waals surface area contributed by atoms with Crippen LogP contribution in [0.2, 0.25) is 5.28 Å². The Morgan fingerprint density at radius 2 is 2.11 bits per heavy atom. The van der Waals surface area contributed by atoms with E-state index in [2.05, 4.69) is 24.5 Å². The smallest absolute Gasteiger partial charge is 0.333 e. The number of fused-ring (bicyclic) bond motifs is 1. The van der Waals surface area contributed by atoms with E-state index in [1.165, 1.54) is 10.9 Å². The van der Waals surface area contributed by atoms with Crippen molar-refractivity contribution in [1.29, 1.82) is 0 Å². The first-order chi connectivity index (χ1) is 12.6. The first kappa shape index (κ1) is 20.1. The summed E-state index contributed by atoms with van der Waals surface area (Å²) in [6, 6.07) is 0.0548. The van der Waals surface area contributed by atoms with E-state index in [0.717, 1.165) is 0 Å². The topological polar surface area (TPSA) is 175 Å². The van der Waals surface area contributed by atoms with Gasteiger partial charge in [-0.15, -0.1) is 0 Å². The van der Waals surface area contributed by atoms with Gasteiger partial charge in [0.15, 0.2) is 23.2 Å². The van der Waals surface area contributed by atoms with Gasteiger partial charge in [-0.2, -0.15) is 18.4 Å². The Morgan fingerprint density at radius 3 is 2.74 bits per heavy atom. The summed E-state index contributed by atoms with van der Waals surface area (Å²) in [6.45, 7) is 3.26. The molecule has 12 nitrogen and oxygen atoms in total. The van der Waals surface area contributed by atoms with Crippen molar-refractivity contribution in [3.63, 3.8) is 0 Å². The van der Waals surface area contributed by atoms with Crippen molar-refractivity contribution < 1.29 is 27.6 Å². The fraction of sp³-hybridized carbons (Fsp3) is 0.615. The number of hydrogen-bond acceptors (Lipinski definition) is 10. The molecule has 1 fully saturated rings. The highest BCUT2D eigenvalue weighted by molar-refractivity contribution is 7.84. The second kappa shape index (κ2) is 7.43. The standard InChI is InChI=1S/C13H19ClN6O6S/c1-5(2)17-10-7-11(19-13(14)18-10)20(4-16-7)12-9(22)8(21)6(26-12)3-25-27(15,23)24/h4-6,8-9,12,21-22H,3H2,1-2H3,(H2,15,23,24)(H,17,18,19)/t6-,8-,9-,12-/m1/s1. The lowest BCUT2D eigenvalue weighted by molar-refractivity contribution is -0.0467. The first-order valence-corrected chi connectivity index (χ1v) is 9.77. The van der Waals surface area contributed by atoms with Crippen molar-refractivity contribution in [2.24, 2.45) is 5.14 Å². The molecule has 0 saturated carbocycles. The minimum absolute atomic E-state index is 0.0467. The van der Waals surface area contributed by atoms with Gasteiger partial charge in [-0.1, -0.05) is 0 Å². The van der Waals surface area contributed by atoms with E-state index < -0.39 is 41.5 Å². The minimum atomic E-state index is -4.22. The number of aromatic nitrogens is 4. The van der Waals surface area contributed by atoms with Crippen molar-refractivity contribution >= 4 is 38.9 Å². The number of nitrogens with zero attached hydrogens (tertiary/aromatic N) is 4. The predicted molar refractivity (Wildman–Crippen MR) is 94.1 cm³/mol. The van der Waals surface area contributed by atoms with Crippen LogP contribution in [0.25, 0.3) is 11.2 Å². The highest BCUT2D eigenvalue weighted by Gasteiger charge is 2.45. The highest BCUT2D eigenvalue weighted by atomic mass is 35.5. The molecule has 0 radical (unpaired) electrons. The van der Waals surface area contributed by atoms with Crippen LogP contribution in [0, 0.1) is 0 Å². The molecule has 3 rings (SSSR count). The molecule has 150 valence electrons. The average Bonchev–Trinajstić information content (AvgIpc) is 3.07. The molecular formula is C13H19ClN6O6S. The molecule has 2 aromatic rings. The minimum Gasteiger partial charge on any atom is -0.387 e. The average molecular weight is 423 g/mol. The molecular weight excluding hydrogens is 404 g/mol. The van der Waals surface area contributed by atoms with Gasteiger partial charge in [0.05, 0.1) is 12.9 Å². The maximum atomic E-state index is 10.9.